The number of hydrogen-bond acceptors (Lipinski definition) is 9. The molecule has 3 aromatic carbocycles. The minimum Gasteiger partial charge on any atom is -0.468 e. The first-order valence-electron chi connectivity index (χ1n) is 22.4. The molecule has 0 radical (unpaired) electrons. The molecule has 15 heteroatoms. The molecule has 2 bridgehead atoms. The van der Waals surface area contributed by atoms with Crippen molar-refractivity contribution in [3.05, 3.63) is 53.6 Å². The van der Waals surface area contributed by atoms with Gasteiger partial charge in [0.1, 0.15) is 43.2 Å². The smallest absolute Gasteiger partial charge is 0.411 e. The molecule has 3 aliphatic rings. The van der Waals surface area contributed by atoms with Crippen LogP contribution in [0.4, 0.5) is 28.2 Å². The molecule has 1 saturated carbocycles. The van der Waals surface area contributed by atoms with Crippen molar-refractivity contribution in [3.8, 4) is 34.4 Å². The Balaban J connectivity index is 1.43. The van der Waals surface area contributed by atoms with Crippen molar-refractivity contribution in [2.24, 2.45) is 5.41 Å². The number of amides is 1. The zero-order valence-corrected chi connectivity index (χ0v) is 40.3. The number of nitrogens with one attached hydrogen (secondary N) is 1. The van der Waals surface area contributed by atoms with E-state index in [4.69, 9.17) is 23.9 Å². The van der Waals surface area contributed by atoms with Crippen LogP contribution in [0, 0.1) is 28.5 Å². The number of piperazine rings is 1. The number of halogens is 4. The van der Waals surface area contributed by atoms with Crippen molar-refractivity contribution >= 4 is 41.7 Å². The highest BCUT2D eigenvalue weighted by Gasteiger charge is 2.71. The number of rotatable bonds is 13. The van der Waals surface area contributed by atoms with Gasteiger partial charge in [-0.25, -0.2) is 22.4 Å². The SMILES string of the molecule is CNC[C@@]1(COc2nc(N3C[C@H]4CC[C@@](C)(C3)N4C(=O)OC(C)(C)C)c3cc(F)c(-c4cc(OCOC)cc5cccc(C#C[Si](C(C)C)(C(C)C)C(C)C)c45)c(F)c3n2)CC1(F)F. The molecular weight excluding hydrogens is 843 g/mol. The lowest BCUT2D eigenvalue weighted by molar-refractivity contribution is -0.00285. The average Bonchev–Trinajstić information content (AvgIpc) is 3.66. The topological polar surface area (TPSA) is 98.3 Å². The second-order valence-electron chi connectivity index (χ2n) is 20.2. The number of benzene rings is 3. The van der Waals surface area contributed by atoms with E-state index in [1.807, 2.05) is 50.8 Å². The van der Waals surface area contributed by atoms with Crippen molar-refractivity contribution in [1.29, 1.82) is 0 Å². The van der Waals surface area contributed by atoms with Crippen molar-refractivity contribution in [3.63, 3.8) is 0 Å². The van der Waals surface area contributed by atoms with Crippen molar-refractivity contribution < 1.29 is 41.3 Å². The zero-order valence-electron chi connectivity index (χ0n) is 39.3. The average molecular weight is 906 g/mol. The molecule has 2 saturated heterocycles. The fourth-order valence-electron chi connectivity index (χ4n) is 10.6. The molecule has 64 heavy (non-hydrogen) atoms. The lowest BCUT2D eigenvalue weighted by Gasteiger charge is -2.47. The van der Waals surface area contributed by atoms with Gasteiger partial charge in [0, 0.05) is 55.1 Å². The minimum absolute atomic E-state index is 0.0221. The van der Waals surface area contributed by atoms with Crippen LogP contribution in [-0.2, 0) is 9.47 Å². The van der Waals surface area contributed by atoms with E-state index < -0.39 is 61.3 Å². The van der Waals surface area contributed by atoms with E-state index in [1.165, 1.54) is 13.2 Å². The molecule has 1 amide bonds. The van der Waals surface area contributed by atoms with Crippen LogP contribution in [0.5, 0.6) is 11.8 Å². The Kier molecular flexibility index (Phi) is 12.8. The van der Waals surface area contributed by atoms with Crippen molar-refractivity contribution in [2.45, 2.75) is 128 Å². The first-order valence-corrected chi connectivity index (χ1v) is 24.6. The van der Waals surface area contributed by atoms with Gasteiger partial charge in [-0.3, -0.25) is 4.90 Å². The Morgan fingerprint density at radius 2 is 1.72 bits per heavy atom. The van der Waals surface area contributed by atoms with Crippen LogP contribution >= 0.6 is 0 Å². The summed E-state index contributed by atoms with van der Waals surface area (Å²) in [6, 6.07) is 9.58. The van der Waals surface area contributed by atoms with Gasteiger partial charge in [-0.2, -0.15) is 9.97 Å². The van der Waals surface area contributed by atoms with Crippen LogP contribution in [-0.4, -0.2) is 99.3 Å². The highest BCUT2D eigenvalue weighted by molar-refractivity contribution is 6.90. The van der Waals surface area contributed by atoms with Gasteiger partial charge in [0.2, 0.25) is 0 Å². The number of ether oxygens (including phenoxy) is 4. The van der Waals surface area contributed by atoms with Crippen LogP contribution < -0.4 is 19.7 Å². The summed E-state index contributed by atoms with van der Waals surface area (Å²) < 4.78 is 87.8. The summed E-state index contributed by atoms with van der Waals surface area (Å²) >= 11 is 0. The normalized spacial score (nSPS) is 21.8. The third kappa shape index (κ3) is 8.50. The molecule has 1 aliphatic carbocycles. The Morgan fingerprint density at radius 3 is 2.31 bits per heavy atom. The van der Waals surface area contributed by atoms with Gasteiger partial charge in [0.25, 0.3) is 5.92 Å². The molecule has 3 heterocycles. The highest BCUT2D eigenvalue weighted by Crippen LogP contribution is 2.60. The van der Waals surface area contributed by atoms with Gasteiger partial charge in [-0.15, -0.1) is 5.54 Å². The summed E-state index contributed by atoms with van der Waals surface area (Å²) in [6.45, 7) is 20.7. The van der Waals surface area contributed by atoms with Gasteiger partial charge in [-0.05, 0) is 93.9 Å². The van der Waals surface area contributed by atoms with E-state index in [1.54, 1.807) is 24.1 Å². The number of nitrogens with zero attached hydrogens (tertiary/aromatic N) is 4. The van der Waals surface area contributed by atoms with Gasteiger partial charge in [0.15, 0.2) is 12.6 Å². The predicted octanol–water partition coefficient (Wildman–Crippen LogP) is 10.9. The second-order valence-corrected chi connectivity index (χ2v) is 25.8. The fraction of sp³-hybridized carbons (Fsp3) is 0.571. The lowest BCUT2D eigenvalue weighted by Crippen LogP contribution is -2.63. The Labute approximate surface area is 375 Å². The molecule has 10 nitrogen and oxygen atoms in total. The number of hydrogen-bond donors (Lipinski definition) is 1. The van der Waals surface area contributed by atoms with Crippen LogP contribution in [0.1, 0.15) is 94.1 Å². The summed E-state index contributed by atoms with van der Waals surface area (Å²) in [5.74, 6) is -0.836. The number of fused-ring (bicyclic) bond motifs is 4. The number of alkyl halides is 2. The lowest BCUT2D eigenvalue weighted by atomic mass is 9.92. The molecule has 0 spiro atoms. The Bertz CT molecular complexity index is 2480. The molecule has 3 atom stereocenters. The number of carbonyl (C=O) groups is 1. The van der Waals surface area contributed by atoms with E-state index in [2.05, 4.69) is 63.3 Å². The van der Waals surface area contributed by atoms with Gasteiger partial charge < -0.3 is 29.2 Å². The van der Waals surface area contributed by atoms with Gasteiger partial charge in [-0.1, -0.05) is 59.6 Å². The van der Waals surface area contributed by atoms with E-state index in [0.29, 0.717) is 51.6 Å². The van der Waals surface area contributed by atoms with Crippen molar-refractivity contribution in [2.75, 3.05) is 52.1 Å². The monoisotopic (exact) mass is 905 g/mol. The largest absolute Gasteiger partial charge is 0.468 e. The molecular formula is C49H63F4N5O5Si. The van der Waals surface area contributed by atoms with Gasteiger partial charge >= 0.3 is 12.1 Å². The summed E-state index contributed by atoms with van der Waals surface area (Å²) in [5, 5.41) is 4.09. The summed E-state index contributed by atoms with van der Waals surface area (Å²) in [5.41, 5.74) is 2.08. The van der Waals surface area contributed by atoms with E-state index >= 15 is 8.78 Å². The Morgan fingerprint density at radius 1 is 1.03 bits per heavy atom. The zero-order chi connectivity index (χ0) is 46.7. The first kappa shape index (κ1) is 47.3. The summed E-state index contributed by atoms with van der Waals surface area (Å²) in [4.78, 5) is 26.5. The van der Waals surface area contributed by atoms with Crippen LogP contribution in [0.3, 0.4) is 0 Å². The third-order valence-electron chi connectivity index (χ3n) is 13.7. The van der Waals surface area contributed by atoms with E-state index in [9.17, 15) is 13.6 Å². The molecule has 1 N–H and O–H groups in total. The first-order chi connectivity index (χ1) is 30.0. The molecule has 4 aromatic rings. The molecule has 0 unspecified atom stereocenters. The standard InChI is InChI=1S/C49H63F4N5O5Si/c1-29(2)64(30(3)4,31(5)6)19-17-32-14-13-15-33-20-35(62-28-60-12)21-36(39(32)33)40-38(50)22-37-42(41(40)51)55-44(61-27-48(25-54-11)24-49(48,52)53)56-43(37)57-23-34-16-18-47(10,26-57)58(34)45(59)63-46(7,8)9/h13-15,20-22,29-31,34,54H,16,18,23-28H2,1-12H3/t34-,47+,48-/m1/s1. The van der Waals surface area contributed by atoms with Crippen LogP contribution in [0.2, 0.25) is 16.6 Å². The minimum atomic E-state index is -2.98. The molecule has 3 fully saturated rings. The fourth-order valence-corrected chi connectivity index (χ4v) is 15.8. The number of anilines is 1. The van der Waals surface area contributed by atoms with Gasteiger partial charge in [0.05, 0.1) is 22.6 Å². The number of aromatic nitrogens is 2. The van der Waals surface area contributed by atoms with E-state index in [0.717, 1.165) is 0 Å². The maximum Gasteiger partial charge on any atom is 0.411 e. The number of methoxy groups -OCH3 is 1. The molecule has 346 valence electrons. The predicted molar refractivity (Wildman–Crippen MR) is 246 cm³/mol. The Hall–Kier alpha value is -4.65. The summed E-state index contributed by atoms with van der Waals surface area (Å²) in [6.07, 6.45) is 0.492. The van der Waals surface area contributed by atoms with Crippen molar-refractivity contribution in [1.82, 2.24) is 20.2 Å². The maximum atomic E-state index is 17.9. The number of carbonyl (C=O) groups excluding carboxylic acids is 1. The molecule has 1 aromatic heterocycles. The summed E-state index contributed by atoms with van der Waals surface area (Å²) in [7, 11) is 0.833. The van der Waals surface area contributed by atoms with Crippen LogP contribution in [0.25, 0.3) is 32.8 Å². The highest BCUT2D eigenvalue weighted by atomic mass is 28.3. The second kappa shape index (κ2) is 17.3. The van der Waals surface area contributed by atoms with E-state index in [-0.39, 0.29) is 66.3 Å². The quantitative estimate of drug-likeness (QED) is 0.0609. The third-order valence-corrected chi connectivity index (χ3v) is 20.0. The molecule has 7 rings (SSSR count). The molecule has 2 aliphatic heterocycles. The maximum absolute atomic E-state index is 17.9. The van der Waals surface area contributed by atoms with Crippen LogP contribution in [0.15, 0.2) is 36.4 Å².